The Hall–Kier alpha value is -3.22. The number of benzene rings is 1. The molecule has 1 N–H and O–H groups in total. The fourth-order valence-corrected chi connectivity index (χ4v) is 2.77. The third-order valence-corrected chi connectivity index (χ3v) is 4.11. The second-order valence-electron chi connectivity index (χ2n) is 6.05. The zero-order chi connectivity index (χ0) is 19.4. The van der Waals surface area contributed by atoms with E-state index in [0.717, 1.165) is 11.3 Å². The topological polar surface area (TPSA) is 69.2 Å². The van der Waals surface area contributed by atoms with E-state index in [4.69, 9.17) is 9.47 Å². The summed E-state index contributed by atoms with van der Waals surface area (Å²) in [6, 6.07) is 8.13. The van der Waals surface area contributed by atoms with Crippen molar-refractivity contribution < 1.29 is 13.9 Å². The number of methoxy groups -OCH3 is 2. The van der Waals surface area contributed by atoms with Gasteiger partial charge in [-0.25, -0.2) is 14.4 Å². The second-order valence-corrected chi connectivity index (χ2v) is 6.05. The van der Waals surface area contributed by atoms with Gasteiger partial charge >= 0.3 is 0 Å². The lowest BCUT2D eigenvalue weighted by atomic mass is 10.1. The van der Waals surface area contributed by atoms with Gasteiger partial charge in [0.2, 0.25) is 0 Å². The summed E-state index contributed by atoms with van der Waals surface area (Å²) < 4.78 is 24.9. The summed E-state index contributed by atoms with van der Waals surface area (Å²) in [4.78, 5) is 13.1. The molecule has 3 rings (SSSR count). The summed E-state index contributed by atoms with van der Waals surface area (Å²) in [5, 5.41) is 3.23. The number of hydrogen-bond donors (Lipinski definition) is 1. The molecule has 1 aromatic carbocycles. The first-order chi connectivity index (χ1) is 13.0. The molecule has 0 saturated heterocycles. The molecule has 140 valence electrons. The van der Waals surface area contributed by atoms with Crippen LogP contribution in [0.4, 0.5) is 10.2 Å². The van der Waals surface area contributed by atoms with Crippen LogP contribution in [0.5, 0.6) is 11.5 Å². The molecule has 0 aliphatic carbocycles. The molecule has 0 saturated carbocycles. The molecule has 0 aliphatic rings. The Kier molecular flexibility index (Phi) is 5.49. The van der Waals surface area contributed by atoms with Crippen LogP contribution in [0, 0.1) is 12.7 Å². The summed E-state index contributed by atoms with van der Waals surface area (Å²) in [6.45, 7) is 3.74. The highest BCUT2D eigenvalue weighted by molar-refractivity contribution is 5.56. The molecule has 2 aromatic heterocycles. The summed E-state index contributed by atoms with van der Waals surface area (Å²) in [5.41, 5.74) is 2.06. The van der Waals surface area contributed by atoms with Gasteiger partial charge in [-0.3, -0.25) is 4.98 Å². The molecule has 1 unspecified atom stereocenters. The van der Waals surface area contributed by atoms with Crippen molar-refractivity contribution in [2.45, 2.75) is 19.9 Å². The second kappa shape index (κ2) is 7.99. The molecule has 27 heavy (non-hydrogen) atoms. The van der Waals surface area contributed by atoms with Gasteiger partial charge in [0.1, 0.15) is 11.6 Å². The van der Waals surface area contributed by atoms with E-state index in [9.17, 15) is 4.39 Å². The van der Waals surface area contributed by atoms with Gasteiger partial charge in [0.25, 0.3) is 0 Å². The number of hydrogen-bond acceptors (Lipinski definition) is 6. The Bertz CT molecular complexity index is 935. The molecule has 3 aromatic rings. The van der Waals surface area contributed by atoms with Gasteiger partial charge in [-0.2, -0.15) is 0 Å². The van der Waals surface area contributed by atoms with Crippen LogP contribution in [-0.2, 0) is 0 Å². The van der Waals surface area contributed by atoms with Crippen molar-refractivity contribution in [1.82, 2.24) is 15.0 Å². The minimum Gasteiger partial charge on any atom is -0.493 e. The Labute approximate surface area is 157 Å². The van der Waals surface area contributed by atoms with Crippen molar-refractivity contribution in [2.24, 2.45) is 0 Å². The SMILES string of the molecule is COc1cc(F)c(C(C)Nc2cc(C)nc(-c3cccnc3)n2)cc1OC. The number of ether oxygens (including phenoxy) is 2. The highest BCUT2D eigenvalue weighted by Gasteiger charge is 2.17. The van der Waals surface area contributed by atoms with Crippen molar-refractivity contribution in [3.63, 3.8) is 0 Å². The number of nitrogens with zero attached hydrogens (tertiary/aromatic N) is 3. The maximum atomic E-state index is 14.5. The first-order valence-corrected chi connectivity index (χ1v) is 8.46. The van der Waals surface area contributed by atoms with E-state index in [1.165, 1.54) is 20.3 Å². The molecule has 2 heterocycles. The molecule has 0 fully saturated rings. The zero-order valence-corrected chi connectivity index (χ0v) is 15.7. The van der Waals surface area contributed by atoms with Crippen LogP contribution in [0.1, 0.15) is 24.2 Å². The van der Waals surface area contributed by atoms with Crippen LogP contribution in [0.25, 0.3) is 11.4 Å². The van der Waals surface area contributed by atoms with E-state index in [1.807, 2.05) is 32.0 Å². The Morgan fingerprint density at radius 2 is 1.81 bits per heavy atom. The predicted octanol–water partition coefficient (Wildman–Crippen LogP) is 4.18. The van der Waals surface area contributed by atoms with Crippen molar-refractivity contribution in [3.8, 4) is 22.9 Å². The quantitative estimate of drug-likeness (QED) is 0.704. The average molecular weight is 368 g/mol. The summed E-state index contributed by atoms with van der Waals surface area (Å²) >= 11 is 0. The van der Waals surface area contributed by atoms with Crippen LogP contribution >= 0.6 is 0 Å². The molecule has 0 amide bonds. The van der Waals surface area contributed by atoms with Gasteiger partial charge in [0.05, 0.1) is 20.3 Å². The lowest BCUT2D eigenvalue weighted by Crippen LogP contribution is -2.11. The zero-order valence-electron chi connectivity index (χ0n) is 15.7. The molecule has 0 radical (unpaired) electrons. The molecular formula is C20H21FN4O2. The summed E-state index contributed by atoms with van der Waals surface area (Å²) in [7, 11) is 2.99. The van der Waals surface area contributed by atoms with Crippen molar-refractivity contribution in [1.29, 1.82) is 0 Å². The van der Waals surface area contributed by atoms with E-state index >= 15 is 0 Å². The number of halogens is 1. The maximum absolute atomic E-state index is 14.5. The Morgan fingerprint density at radius 3 is 2.48 bits per heavy atom. The van der Waals surface area contributed by atoms with Crippen molar-refractivity contribution in [2.75, 3.05) is 19.5 Å². The number of aromatic nitrogens is 3. The smallest absolute Gasteiger partial charge is 0.163 e. The van der Waals surface area contributed by atoms with Gasteiger partial charge in [0.15, 0.2) is 17.3 Å². The standard InChI is InChI=1S/C20H21FN4O2/c1-12-8-19(25-20(23-12)14-6-5-7-22-11-14)24-13(2)15-9-17(26-3)18(27-4)10-16(15)21/h5-11,13H,1-4H3,(H,23,24,25). The number of nitrogens with one attached hydrogen (secondary N) is 1. The van der Waals surface area contributed by atoms with Crippen LogP contribution in [0.2, 0.25) is 0 Å². The monoisotopic (exact) mass is 368 g/mol. The number of rotatable bonds is 6. The van der Waals surface area contributed by atoms with E-state index < -0.39 is 0 Å². The Morgan fingerprint density at radius 1 is 1.07 bits per heavy atom. The third kappa shape index (κ3) is 4.13. The van der Waals surface area contributed by atoms with Gasteiger partial charge in [0, 0.05) is 41.3 Å². The largest absolute Gasteiger partial charge is 0.493 e. The van der Waals surface area contributed by atoms with E-state index in [2.05, 4.69) is 20.3 Å². The van der Waals surface area contributed by atoms with Crippen molar-refractivity contribution in [3.05, 3.63) is 59.8 Å². The van der Waals surface area contributed by atoms with Gasteiger partial charge in [-0.05, 0) is 32.0 Å². The maximum Gasteiger partial charge on any atom is 0.163 e. The van der Waals surface area contributed by atoms with Gasteiger partial charge in [-0.15, -0.1) is 0 Å². The number of anilines is 1. The normalized spacial score (nSPS) is 11.7. The van der Waals surface area contributed by atoms with Crippen LogP contribution in [-0.4, -0.2) is 29.2 Å². The van der Waals surface area contributed by atoms with Gasteiger partial charge < -0.3 is 14.8 Å². The lowest BCUT2D eigenvalue weighted by molar-refractivity contribution is 0.351. The fourth-order valence-electron chi connectivity index (χ4n) is 2.77. The molecule has 0 bridgehead atoms. The number of aryl methyl sites for hydroxylation is 1. The highest BCUT2D eigenvalue weighted by atomic mass is 19.1. The molecule has 6 nitrogen and oxygen atoms in total. The third-order valence-electron chi connectivity index (χ3n) is 4.11. The first-order valence-electron chi connectivity index (χ1n) is 8.46. The summed E-state index contributed by atoms with van der Waals surface area (Å²) in [6.07, 6.45) is 3.40. The molecule has 1 atom stereocenters. The van der Waals surface area contributed by atoms with E-state index in [-0.39, 0.29) is 11.9 Å². The van der Waals surface area contributed by atoms with E-state index in [1.54, 1.807) is 18.5 Å². The van der Waals surface area contributed by atoms with E-state index in [0.29, 0.717) is 28.7 Å². The summed E-state index contributed by atoms with van der Waals surface area (Å²) in [5.74, 6) is 1.60. The lowest BCUT2D eigenvalue weighted by Gasteiger charge is -2.18. The predicted molar refractivity (Wildman–Crippen MR) is 102 cm³/mol. The number of pyridine rings is 1. The molecular weight excluding hydrogens is 347 g/mol. The average Bonchev–Trinajstić information content (AvgIpc) is 2.67. The molecule has 7 heteroatoms. The fraction of sp³-hybridized carbons (Fsp3) is 0.250. The van der Waals surface area contributed by atoms with Gasteiger partial charge in [-0.1, -0.05) is 0 Å². The van der Waals surface area contributed by atoms with Crippen LogP contribution in [0.15, 0.2) is 42.7 Å². The molecule has 0 aliphatic heterocycles. The highest BCUT2D eigenvalue weighted by Crippen LogP contribution is 2.33. The minimum absolute atomic E-state index is 0.346. The van der Waals surface area contributed by atoms with Crippen molar-refractivity contribution >= 4 is 5.82 Å². The minimum atomic E-state index is -0.383. The molecule has 0 spiro atoms. The Balaban J connectivity index is 1.90. The van der Waals surface area contributed by atoms with Crippen LogP contribution < -0.4 is 14.8 Å². The van der Waals surface area contributed by atoms with Crippen LogP contribution in [0.3, 0.4) is 0 Å². The first kappa shape index (κ1) is 18.6.